The number of ether oxygens (including phenoxy) is 1. The minimum absolute atomic E-state index is 0.0476. The Morgan fingerprint density at radius 3 is 2.81 bits per heavy atom. The fraction of sp³-hybridized carbons (Fsp3) is 0.143. The second-order valence-electron chi connectivity index (χ2n) is 8.40. The second-order valence-corrected chi connectivity index (χ2v) is 9.41. The molecule has 0 aliphatic carbocycles. The number of rotatable bonds is 7. The molecule has 0 N–H and O–H groups in total. The molecule has 1 amide bonds. The maximum absolute atomic E-state index is 14.0. The Bertz CT molecular complexity index is 1810. The first-order valence-electron chi connectivity index (χ1n) is 11.9. The molecule has 3 heterocycles. The summed E-state index contributed by atoms with van der Waals surface area (Å²) in [5.41, 5.74) is 0.379. The van der Waals surface area contributed by atoms with Crippen LogP contribution >= 0.6 is 11.3 Å². The van der Waals surface area contributed by atoms with Crippen LogP contribution in [0.3, 0.4) is 0 Å². The minimum atomic E-state index is -0.687. The SMILES string of the molecule is CCOc1cccc2sc(N(CCn3cccn3)C(=O)c3cc4c(ccc5ccccc54)oc3=O)nc12. The van der Waals surface area contributed by atoms with Gasteiger partial charge in [-0.05, 0) is 48.0 Å². The highest BCUT2D eigenvalue weighted by Crippen LogP contribution is 2.35. The molecule has 0 aliphatic heterocycles. The van der Waals surface area contributed by atoms with Crippen molar-refractivity contribution in [2.75, 3.05) is 18.1 Å². The van der Waals surface area contributed by atoms with E-state index in [0.717, 1.165) is 15.5 Å². The number of anilines is 1. The lowest BCUT2D eigenvalue weighted by atomic mass is 10.0. The predicted octanol–water partition coefficient (Wildman–Crippen LogP) is 5.50. The molecule has 0 unspecified atom stereocenters. The fourth-order valence-corrected chi connectivity index (χ4v) is 5.39. The van der Waals surface area contributed by atoms with Crippen LogP contribution in [0.25, 0.3) is 32.0 Å². The lowest BCUT2D eigenvalue weighted by molar-refractivity contribution is 0.0982. The summed E-state index contributed by atoms with van der Waals surface area (Å²) in [4.78, 5) is 33.3. The maximum atomic E-state index is 14.0. The van der Waals surface area contributed by atoms with E-state index in [1.54, 1.807) is 23.0 Å². The summed E-state index contributed by atoms with van der Waals surface area (Å²) < 4.78 is 14.0. The van der Waals surface area contributed by atoms with Crippen LogP contribution in [0.5, 0.6) is 5.75 Å². The van der Waals surface area contributed by atoms with E-state index in [4.69, 9.17) is 14.1 Å². The van der Waals surface area contributed by atoms with Crippen molar-refractivity contribution in [3.63, 3.8) is 0 Å². The number of hydrogen-bond acceptors (Lipinski definition) is 7. The van der Waals surface area contributed by atoms with Crippen LogP contribution in [-0.2, 0) is 6.54 Å². The van der Waals surface area contributed by atoms with Crippen molar-refractivity contribution >= 4 is 54.3 Å². The molecular weight excluding hydrogens is 488 g/mol. The Morgan fingerprint density at radius 2 is 1.97 bits per heavy atom. The molecule has 9 heteroatoms. The molecule has 0 aliphatic rings. The molecule has 0 saturated carbocycles. The molecule has 0 saturated heterocycles. The number of nitrogens with zero attached hydrogens (tertiary/aromatic N) is 4. The van der Waals surface area contributed by atoms with E-state index in [1.165, 1.54) is 16.2 Å². The van der Waals surface area contributed by atoms with E-state index in [-0.39, 0.29) is 12.1 Å². The summed E-state index contributed by atoms with van der Waals surface area (Å²) >= 11 is 1.37. The summed E-state index contributed by atoms with van der Waals surface area (Å²) in [7, 11) is 0. The Kier molecular flexibility index (Phi) is 5.90. The number of carbonyl (C=O) groups is 1. The number of benzene rings is 3. The average Bonchev–Trinajstić information content (AvgIpc) is 3.59. The van der Waals surface area contributed by atoms with Gasteiger partial charge in [-0.25, -0.2) is 9.78 Å². The predicted molar refractivity (Wildman–Crippen MR) is 145 cm³/mol. The van der Waals surface area contributed by atoms with E-state index >= 15 is 0 Å². The second kappa shape index (κ2) is 9.51. The van der Waals surface area contributed by atoms with Crippen molar-refractivity contribution in [1.29, 1.82) is 0 Å². The van der Waals surface area contributed by atoms with Gasteiger partial charge in [0.1, 0.15) is 22.4 Å². The highest BCUT2D eigenvalue weighted by atomic mass is 32.1. The summed E-state index contributed by atoms with van der Waals surface area (Å²) in [6.07, 6.45) is 3.51. The molecule has 37 heavy (non-hydrogen) atoms. The minimum Gasteiger partial charge on any atom is -0.492 e. The molecule has 0 atom stereocenters. The van der Waals surface area contributed by atoms with Gasteiger partial charge < -0.3 is 9.15 Å². The van der Waals surface area contributed by atoms with Crippen molar-refractivity contribution in [3.8, 4) is 5.75 Å². The molecule has 0 bridgehead atoms. The van der Waals surface area contributed by atoms with Crippen LogP contribution in [0.1, 0.15) is 17.3 Å². The Morgan fingerprint density at radius 1 is 1.08 bits per heavy atom. The van der Waals surface area contributed by atoms with E-state index in [9.17, 15) is 9.59 Å². The van der Waals surface area contributed by atoms with E-state index in [2.05, 4.69) is 5.10 Å². The molecule has 6 rings (SSSR count). The third kappa shape index (κ3) is 4.23. The standard InChI is InChI=1S/C28H22N4O4S/c1-2-35-23-9-5-10-24-25(23)30-28(37-24)32(16-15-31-14-6-13-29-31)26(33)21-17-20-19-8-4-3-7-18(19)11-12-22(20)36-27(21)34/h3-14,17H,2,15-16H2,1H3. The van der Waals surface area contributed by atoms with E-state index in [1.807, 2.05) is 67.7 Å². The lowest BCUT2D eigenvalue weighted by Crippen LogP contribution is -2.36. The molecular formula is C28H22N4O4S. The van der Waals surface area contributed by atoms with Gasteiger partial charge in [-0.2, -0.15) is 5.10 Å². The lowest BCUT2D eigenvalue weighted by Gasteiger charge is -2.19. The normalized spacial score (nSPS) is 11.4. The first-order chi connectivity index (χ1) is 18.1. The van der Waals surface area contributed by atoms with Gasteiger partial charge >= 0.3 is 5.63 Å². The number of fused-ring (bicyclic) bond motifs is 4. The number of hydrogen-bond donors (Lipinski definition) is 0. The van der Waals surface area contributed by atoms with Gasteiger partial charge in [0.05, 0.1) is 17.9 Å². The van der Waals surface area contributed by atoms with Crippen LogP contribution < -0.4 is 15.3 Å². The molecule has 6 aromatic rings. The topological polar surface area (TPSA) is 90.5 Å². The Labute approximate surface area is 215 Å². The third-order valence-corrected chi connectivity index (χ3v) is 7.17. The number of carbonyl (C=O) groups excluding carboxylic acids is 1. The molecule has 3 aromatic heterocycles. The molecule has 0 fully saturated rings. The molecule has 0 spiro atoms. The van der Waals surface area contributed by atoms with Crippen LogP contribution in [0.4, 0.5) is 5.13 Å². The van der Waals surface area contributed by atoms with Crippen molar-refractivity contribution in [2.45, 2.75) is 13.5 Å². The van der Waals surface area contributed by atoms with Gasteiger partial charge in [-0.15, -0.1) is 0 Å². The molecule has 8 nitrogen and oxygen atoms in total. The molecule has 0 radical (unpaired) electrons. The Hall–Kier alpha value is -4.50. The van der Waals surface area contributed by atoms with Crippen molar-refractivity contribution in [3.05, 3.63) is 95.1 Å². The molecule has 184 valence electrons. The van der Waals surface area contributed by atoms with Gasteiger partial charge in [0.15, 0.2) is 5.13 Å². The fourth-order valence-electron chi connectivity index (χ4n) is 4.38. The molecule has 3 aromatic carbocycles. The van der Waals surface area contributed by atoms with Crippen molar-refractivity contribution in [1.82, 2.24) is 14.8 Å². The Balaban J connectivity index is 1.47. The van der Waals surface area contributed by atoms with E-state index < -0.39 is 11.5 Å². The zero-order valence-electron chi connectivity index (χ0n) is 20.0. The van der Waals surface area contributed by atoms with Gasteiger partial charge in [-0.1, -0.05) is 47.7 Å². The zero-order chi connectivity index (χ0) is 25.4. The quantitative estimate of drug-likeness (QED) is 0.208. The van der Waals surface area contributed by atoms with Crippen molar-refractivity contribution < 1.29 is 13.9 Å². The van der Waals surface area contributed by atoms with E-state index in [0.29, 0.717) is 40.5 Å². The monoisotopic (exact) mass is 510 g/mol. The third-order valence-electron chi connectivity index (χ3n) is 6.13. The number of aromatic nitrogens is 3. The summed E-state index contributed by atoms with van der Waals surface area (Å²) in [5.74, 6) is 0.173. The first-order valence-corrected chi connectivity index (χ1v) is 12.7. The van der Waals surface area contributed by atoms with Crippen LogP contribution in [-0.4, -0.2) is 33.8 Å². The zero-order valence-corrected chi connectivity index (χ0v) is 20.8. The average molecular weight is 511 g/mol. The van der Waals surface area contributed by atoms with Crippen LogP contribution in [0, 0.1) is 0 Å². The first kappa shape index (κ1) is 22.9. The number of para-hydroxylation sites is 1. The van der Waals surface area contributed by atoms with Gasteiger partial charge in [0.25, 0.3) is 5.91 Å². The smallest absolute Gasteiger partial charge is 0.349 e. The van der Waals surface area contributed by atoms with Gasteiger partial charge in [-0.3, -0.25) is 14.4 Å². The highest BCUT2D eigenvalue weighted by Gasteiger charge is 2.26. The largest absolute Gasteiger partial charge is 0.492 e. The number of thiazole rings is 1. The summed E-state index contributed by atoms with van der Waals surface area (Å²) in [5, 5.41) is 7.32. The number of amides is 1. The maximum Gasteiger partial charge on any atom is 0.349 e. The van der Waals surface area contributed by atoms with Gasteiger partial charge in [0, 0.05) is 24.3 Å². The van der Waals surface area contributed by atoms with Crippen LogP contribution in [0.2, 0.25) is 0 Å². The summed E-state index contributed by atoms with van der Waals surface area (Å²) in [6, 6.07) is 20.6. The highest BCUT2D eigenvalue weighted by molar-refractivity contribution is 7.22. The summed E-state index contributed by atoms with van der Waals surface area (Å²) in [6.45, 7) is 3.10. The van der Waals surface area contributed by atoms with Crippen molar-refractivity contribution in [2.24, 2.45) is 0 Å². The van der Waals surface area contributed by atoms with Crippen LogP contribution in [0.15, 0.2) is 88.3 Å². The van der Waals surface area contributed by atoms with Gasteiger partial charge in [0.2, 0.25) is 0 Å².